The van der Waals surface area contributed by atoms with E-state index in [9.17, 15) is 9.59 Å². The highest BCUT2D eigenvalue weighted by Crippen LogP contribution is 2.17. The predicted molar refractivity (Wildman–Crippen MR) is 105 cm³/mol. The van der Waals surface area contributed by atoms with Gasteiger partial charge in [-0.1, -0.05) is 49.6 Å². The van der Waals surface area contributed by atoms with E-state index >= 15 is 0 Å². The summed E-state index contributed by atoms with van der Waals surface area (Å²) in [5.74, 6) is 0.114. The topological polar surface area (TPSA) is 71.1 Å². The quantitative estimate of drug-likeness (QED) is 0.269. The average molecular weight is 380 g/mol. The Morgan fingerprint density at radius 3 is 1.36 bits per heavy atom. The minimum absolute atomic E-state index is 0.165. The van der Waals surface area contributed by atoms with Crippen LogP contribution in [0.1, 0.15) is 11.1 Å². The zero-order valence-corrected chi connectivity index (χ0v) is 15.2. The summed E-state index contributed by atoms with van der Waals surface area (Å²) < 4.78 is 20.1. The lowest BCUT2D eigenvalue weighted by Crippen LogP contribution is -2.07. The average Bonchev–Trinajstić information content (AvgIpc) is 2.73. The van der Waals surface area contributed by atoms with Crippen molar-refractivity contribution in [1.29, 1.82) is 0 Å². The number of hydrogen-bond donors (Lipinski definition) is 0. The Balaban J connectivity index is 1.82. The number of ether oxygens (including phenoxy) is 4. The van der Waals surface area contributed by atoms with Crippen molar-refractivity contribution in [2.75, 3.05) is 13.6 Å². The fourth-order valence-corrected chi connectivity index (χ4v) is 1.97. The summed E-state index contributed by atoms with van der Waals surface area (Å²) in [4.78, 5) is 21.9. The van der Waals surface area contributed by atoms with Crippen molar-refractivity contribution in [3.05, 3.63) is 85.0 Å². The molecule has 2 aromatic carbocycles. The third-order valence-corrected chi connectivity index (χ3v) is 3.42. The van der Waals surface area contributed by atoms with Crippen LogP contribution in [0.2, 0.25) is 0 Å². The molecule has 0 amide bonds. The summed E-state index contributed by atoms with van der Waals surface area (Å²) in [5, 5.41) is 0. The van der Waals surface area contributed by atoms with E-state index in [1.165, 1.54) is 0 Å². The van der Waals surface area contributed by atoms with Crippen LogP contribution in [-0.2, 0) is 19.1 Å². The molecular formula is C22H20O6. The van der Waals surface area contributed by atoms with Gasteiger partial charge in [0.25, 0.3) is 0 Å². The standard InChI is InChI=1S/C22H20O6/c1-3-21(23)27-15-25-19-11-7-17(8-12-19)5-6-18-9-13-20(14-10-18)26-16-28-22(24)4-2/h3-14H,1-2,15-16H2. The molecule has 0 atom stereocenters. The van der Waals surface area contributed by atoms with Gasteiger partial charge in [-0.15, -0.1) is 0 Å². The lowest BCUT2D eigenvalue weighted by molar-refractivity contribution is -0.145. The lowest BCUT2D eigenvalue weighted by atomic mass is 10.1. The third-order valence-electron chi connectivity index (χ3n) is 3.42. The molecule has 0 radical (unpaired) electrons. The Labute approximate surface area is 163 Å². The fraction of sp³-hybridized carbons (Fsp3) is 0.0909. The second-order valence-corrected chi connectivity index (χ2v) is 5.33. The molecule has 2 aromatic rings. The van der Waals surface area contributed by atoms with Crippen molar-refractivity contribution >= 4 is 24.1 Å². The molecule has 0 saturated carbocycles. The van der Waals surface area contributed by atoms with Crippen LogP contribution < -0.4 is 9.47 Å². The monoisotopic (exact) mass is 380 g/mol. The van der Waals surface area contributed by atoms with Gasteiger partial charge >= 0.3 is 11.9 Å². The van der Waals surface area contributed by atoms with Crippen molar-refractivity contribution in [3.63, 3.8) is 0 Å². The SMILES string of the molecule is C=CC(=O)OCOc1ccc(C=Cc2ccc(OCOC(=O)C=C)cc2)cc1. The maximum Gasteiger partial charge on any atom is 0.333 e. The Morgan fingerprint density at radius 1 is 0.679 bits per heavy atom. The molecule has 0 N–H and O–H groups in total. The molecule has 0 unspecified atom stereocenters. The molecule has 0 heterocycles. The third kappa shape index (κ3) is 7.21. The Bertz CT molecular complexity index is 763. The normalized spacial score (nSPS) is 10.1. The highest BCUT2D eigenvalue weighted by atomic mass is 16.7. The number of carbonyl (C=O) groups is 2. The largest absolute Gasteiger partial charge is 0.457 e. The van der Waals surface area contributed by atoms with Crippen LogP contribution >= 0.6 is 0 Å². The highest BCUT2D eigenvalue weighted by Gasteiger charge is 1.99. The number of rotatable bonds is 10. The van der Waals surface area contributed by atoms with Crippen LogP contribution in [0.4, 0.5) is 0 Å². The molecule has 0 aliphatic heterocycles. The molecule has 0 saturated heterocycles. The van der Waals surface area contributed by atoms with E-state index < -0.39 is 11.9 Å². The fourth-order valence-electron chi connectivity index (χ4n) is 1.97. The molecule has 6 heteroatoms. The van der Waals surface area contributed by atoms with E-state index in [1.807, 2.05) is 36.4 Å². The van der Waals surface area contributed by atoms with Crippen LogP contribution in [0.3, 0.4) is 0 Å². The zero-order valence-electron chi connectivity index (χ0n) is 15.2. The van der Waals surface area contributed by atoms with Crippen LogP contribution in [0.25, 0.3) is 12.2 Å². The molecule has 0 aliphatic carbocycles. The molecule has 28 heavy (non-hydrogen) atoms. The number of carbonyl (C=O) groups excluding carboxylic acids is 2. The van der Waals surface area contributed by atoms with Crippen molar-refractivity contribution < 1.29 is 28.5 Å². The minimum atomic E-state index is -0.534. The van der Waals surface area contributed by atoms with Gasteiger partial charge in [0.05, 0.1) is 0 Å². The van der Waals surface area contributed by atoms with Gasteiger partial charge in [0.15, 0.2) is 0 Å². The lowest BCUT2D eigenvalue weighted by Gasteiger charge is -2.06. The molecule has 0 bridgehead atoms. The van der Waals surface area contributed by atoms with Gasteiger partial charge in [-0.2, -0.15) is 0 Å². The van der Waals surface area contributed by atoms with Crippen LogP contribution in [0.15, 0.2) is 73.8 Å². The van der Waals surface area contributed by atoms with Crippen LogP contribution in [0.5, 0.6) is 11.5 Å². The first-order valence-corrected chi connectivity index (χ1v) is 8.33. The maximum absolute atomic E-state index is 10.9. The van der Waals surface area contributed by atoms with Gasteiger partial charge in [0.2, 0.25) is 13.6 Å². The molecule has 0 aliphatic rings. The minimum Gasteiger partial charge on any atom is -0.457 e. The number of hydrogen-bond acceptors (Lipinski definition) is 6. The van der Waals surface area contributed by atoms with Crippen LogP contribution in [0, 0.1) is 0 Å². The van der Waals surface area contributed by atoms with Gasteiger partial charge < -0.3 is 18.9 Å². The summed E-state index contributed by atoms with van der Waals surface area (Å²) in [6, 6.07) is 14.6. The number of esters is 2. The van der Waals surface area contributed by atoms with Gasteiger partial charge in [-0.25, -0.2) is 9.59 Å². The molecule has 0 spiro atoms. The molecule has 6 nitrogen and oxygen atoms in total. The number of benzene rings is 2. The molecule has 0 fully saturated rings. The highest BCUT2D eigenvalue weighted by molar-refractivity contribution is 5.81. The van der Waals surface area contributed by atoms with E-state index in [-0.39, 0.29) is 13.6 Å². The van der Waals surface area contributed by atoms with Gasteiger partial charge in [0.1, 0.15) is 11.5 Å². The molecule has 0 aromatic heterocycles. The summed E-state index contributed by atoms with van der Waals surface area (Å²) >= 11 is 0. The van der Waals surface area contributed by atoms with Crippen molar-refractivity contribution in [3.8, 4) is 11.5 Å². The molecule has 144 valence electrons. The van der Waals surface area contributed by atoms with Gasteiger partial charge in [-0.3, -0.25) is 0 Å². The maximum atomic E-state index is 10.9. The zero-order chi connectivity index (χ0) is 20.2. The first-order chi connectivity index (χ1) is 13.6. The second kappa shape index (κ2) is 11.0. The van der Waals surface area contributed by atoms with Gasteiger partial charge in [0, 0.05) is 12.2 Å². The second-order valence-electron chi connectivity index (χ2n) is 5.33. The van der Waals surface area contributed by atoms with Crippen molar-refractivity contribution in [2.24, 2.45) is 0 Å². The summed E-state index contributed by atoms with van der Waals surface area (Å²) in [6.07, 6.45) is 6.05. The van der Waals surface area contributed by atoms with E-state index in [4.69, 9.17) is 18.9 Å². The Kier molecular flexibility index (Phi) is 8.08. The smallest absolute Gasteiger partial charge is 0.333 e. The summed E-state index contributed by atoms with van der Waals surface area (Å²) in [5.41, 5.74) is 1.96. The Hall–Kier alpha value is -3.80. The van der Waals surface area contributed by atoms with Crippen molar-refractivity contribution in [2.45, 2.75) is 0 Å². The summed E-state index contributed by atoms with van der Waals surface area (Å²) in [7, 11) is 0. The summed E-state index contributed by atoms with van der Waals surface area (Å²) in [6.45, 7) is 6.28. The molecular weight excluding hydrogens is 360 g/mol. The first kappa shape index (κ1) is 20.5. The van der Waals surface area contributed by atoms with E-state index in [2.05, 4.69) is 13.2 Å². The van der Waals surface area contributed by atoms with Crippen molar-refractivity contribution in [1.82, 2.24) is 0 Å². The van der Waals surface area contributed by atoms with Gasteiger partial charge in [-0.05, 0) is 35.4 Å². The van der Waals surface area contributed by atoms with Crippen LogP contribution in [-0.4, -0.2) is 25.5 Å². The van der Waals surface area contributed by atoms with E-state index in [1.54, 1.807) is 24.3 Å². The predicted octanol–water partition coefficient (Wildman–Crippen LogP) is 3.99. The first-order valence-electron chi connectivity index (χ1n) is 8.33. The Morgan fingerprint density at radius 2 is 1.04 bits per heavy atom. The molecule has 2 rings (SSSR count). The van der Waals surface area contributed by atoms with E-state index in [0.29, 0.717) is 11.5 Å². The van der Waals surface area contributed by atoms with E-state index in [0.717, 1.165) is 23.3 Å².